The molecule has 1 atom stereocenters. The van der Waals surface area contributed by atoms with E-state index in [0.717, 1.165) is 25.7 Å². The lowest BCUT2D eigenvalue weighted by Gasteiger charge is -2.31. The molecule has 9 nitrogen and oxygen atoms in total. The van der Waals surface area contributed by atoms with Crippen molar-refractivity contribution in [2.75, 3.05) is 10.2 Å². The van der Waals surface area contributed by atoms with Gasteiger partial charge in [-0.05, 0) is 56.5 Å². The number of aromatic nitrogens is 1. The number of amides is 3. The predicted octanol–water partition coefficient (Wildman–Crippen LogP) is 4.58. The molecule has 1 aliphatic rings. The number of nitrogens with zero attached hydrogens (tertiary/aromatic N) is 2. The minimum absolute atomic E-state index is 0.00152. The molecule has 0 saturated heterocycles. The van der Waals surface area contributed by atoms with Crippen molar-refractivity contribution in [2.24, 2.45) is 0 Å². The Bertz CT molecular complexity index is 1220. The molecule has 1 saturated carbocycles. The average Bonchev–Trinajstić information content (AvgIpc) is 3.62. The molecule has 0 spiro atoms. The van der Waals surface area contributed by atoms with Gasteiger partial charge in [-0.15, -0.1) is 0 Å². The van der Waals surface area contributed by atoms with Crippen molar-refractivity contribution in [3.05, 3.63) is 65.6 Å². The lowest BCUT2D eigenvalue weighted by Crippen LogP contribution is -2.46. The van der Waals surface area contributed by atoms with Crippen LogP contribution in [-0.2, 0) is 14.4 Å². The SMILES string of the molecule is Cc1cc(NC(=O)CCC(=O)N(c2ccc(C)c(F)c2)[C@H](C(=O)NC2CCCC2)c2ccco2)no1. The van der Waals surface area contributed by atoms with Gasteiger partial charge in [0.15, 0.2) is 11.9 Å². The van der Waals surface area contributed by atoms with Gasteiger partial charge in [0.2, 0.25) is 11.8 Å². The summed E-state index contributed by atoms with van der Waals surface area (Å²) in [6.45, 7) is 3.30. The molecule has 2 heterocycles. The molecule has 3 amide bonds. The molecule has 1 aromatic carbocycles. The lowest BCUT2D eigenvalue weighted by atomic mass is 10.1. The number of hydrogen-bond donors (Lipinski definition) is 2. The molecular weight excluding hydrogens is 467 g/mol. The Balaban J connectivity index is 1.60. The largest absolute Gasteiger partial charge is 0.467 e. The second-order valence-electron chi connectivity index (χ2n) is 8.98. The smallest absolute Gasteiger partial charge is 0.251 e. The molecule has 0 aliphatic heterocycles. The van der Waals surface area contributed by atoms with E-state index in [-0.39, 0.29) is 36.1 Å². The maximum atomic E-state index is 14.6. The fourth-order valence-corrected chi connectivity index (χ4v) is 4.31. The van der Waals surface area contributed by atoms with Crippen molar-refractivity contribution in [3.63, 3.8) is 0 Å². The first-order valence-electron chi connectivity index (χ1n) is 12.0. The number of carbonyl (C=O) groups is 3. The molecule has 4 rings (SSSR count). The third-order valence-electron chi connectivity index (χ3n) is 6.18. The van der Waals surface area contributed by atoms with Gasteiger partial charge in [0.1, 0.15) is 17.3 Å². The molecule has 36 heavy (non-hydrogen) atoms. The van der Waals surface area contributed by atoms with Crippen molar-refractivity contribution in [2.45, 2.75) is 64.5 Å². The second kappa shape index (κ2) is 11.2. The average molecular weight is 497 g/mol. The zero-order chi connectivity index (χ0) is 25.7. The van der Waals surface area contributed by atoms with Crippen molar-refractivity contribution in [1.29, 1.82) is 0 Å². The molecule has 2 N–H and O–H groups in total. The fraction of sp³-hybridized carbons (Fsp3) is 0.385. The highest BCUT2D eigenvalue weighted by molar-refractivity contribution is 6.03. The van der Waals surface area contributed by atoms with Crippen LogP contribution < -0.4 is 15.5 Å². The molecule has 190 valence electrons. The van der Waals surface area contributed by atoms with Gasteiger partial charge in [0.05, 0.1) is 6.26 Å². The van der Waals surface area contributed by atoms with E-state index in [9.17, 15) is 18.8 Å². The highest BCUT2D eigenvalue weighted by Gasteiger charge is 2.36. The number of nitrogens with one attached hydrogen (secondary N) is 2. The molecule has 10 heteroatoms. The van der Waals surface area contributed by atoms with Crippen molar-refractivity contribution in [1.82, 2.24) is 10.5 Å². The second-order valence-corrected chi connectivity index (χ2v) is 8.98. The summed E-state index contributed by atoms with van der Waals surface area (Å²) in [7, 11) is 0. The minimum Gasteiger partial charge on any atom is -0.467 e. The van der Waals surface area contributed by atoms with E-state index >= 15 is 0 Å². The number of benzene rings is 1. The summed E-state index contributed by atoms with van der Waals surface area (Å²) in [5, 5.41) is 9.29. The first-order chi connectivity index (χ1) is 17.3. The molecule has 0 radical (unpaired) electrons. The highest BCUT2D eigenvalue weighted by atomic mass is 19.1. The van der Waals surface area contributed by atoms with Crippen LogP contribution >= 0.6 is 0 Å². The molecule has 0 unspecified atom stereocenters. The fourth-order valence-electron chi connectivity index (χ4n) is 4.31. The quantitative estimate of drug-likeness (QED) is 0.448. The van der Waals surface area contributed by atoms with Crippen LogP contribution in [0.3, 0.4) is 0 Å². The Morgan fingerprint density at radius 1 is 1.14 bits per heavy atom. The Morgan fingerprint density at radius 2 is 1.92 bits per heavy atom. The number of halogens is 1. The van der Waals surface area contributed by atoms with E-state index in [1.165, 1.54) is 17.2 Å². The van der Waals surface area contributed by atoms with E-state index in [0.29, 0.717) is 11.3 Å². The Hall–Kier alpha value is -3.95. The van der Waals surface area contributed by atoms with Gasteiger partial charge in [0, 0.05) is 30.6 Å². The van der Waals surface area contributed by atoms with Gasteiger partial charge in [-0.2, -0.15) is 0 Å². The van der Waals surface area contributed by atoms with Crippen LogP contribution in [-0.4, -0.2) is 28.9 Å². The Labute approximate surface area is 208 Å². The number of carbonyl (C=O) groups excluding carboxylic acids is 3. The summed E-state index contributed by atoms with van der Waals surface area (Å²) in [5.74, 6) is -0.908. The maximum absolute atomic E-state index is 14.6. The van der Waals surface area contributed by atoms with Gasteiger partial charge < -0.3 is 19.6 Å². The van der Waals surface area contributed by atoms with E-state index in [1.807, 2.05) is 0 Å². The Kier molecular flexibility index (Phi) is 7.82. The van der Waals surface area contributed by atoms with E-state index in [4.69, 9.17) is 8.94 Å². The summed E-state index contributed by atoms with van der Waals surface area (Å²) in [6.07, 6.45) is 4.75. The normalized spacial score (nSPS) is 14.4. The number of hydrogen-bond acceptors (Lipinski definition) is 6. The first-order valence-corrected chi connectivity index (χ1v) is 12.0. The predicted molar refractivity (Wildman–Crippen MR) is 130 cm³/mol. The topological polar surface area (TPSA) is 118 Å². The van der Waals surface area contributed by atoms with Crippen LogP contribution in [0.25, 0.3) is 0 Å². The van der Waals surface area contributed by atoms with Crippen molar-refractivity contribution >= 4 is 29.2 Å². The summed E-state index contributed by atoms with van der Waals surface area (Å²) >= 11 is 0. The number of aryl methyl sites for hydroxylation is 2. The number of furan rings is 1. The van der Waals surface area contributed by atoms with Crippen LogP contribution in [0.2, 0.25) is 0 Å². The van der Waals surface area contributed by atoms with E-state index in [1.54, 1.807) is 44.2 Å². The maximum Gasteiger partial charge on any atom is 0.251 e. The van der Waals surface area contributed by atoms with Crippen LogP contribution in [0.5, 0.6) is 0 Å². The molecule has 0 bridgehead atoms. The molecule has 3 aromatic rings. The summed E-state index contributed by atoms with van der Waals surface area (Å²) in [6, 6.07) is 7.94. The first kappa shape index (κ1) is 25.2. The highest BCUT2D eigenvalue weighted by Crippen LogP contribution is 2.31. The standard InChI is InChI=1S/C26H29FN4O5/c1-16-9-10-19(15-20(16)27)31(24(33)12-11-23(32)29-22-14-17(2)36-30-22)25(21-8-5-13-35-21)26(34)28-18-6-3-4-7-18/h5,8-10,13-15,18,25H,3-4,6-7,11-12H2,1-2H3,(H,28,34)(H,29,30,32)/t25-/m0/s1. The zero-order valence-corrected chi connectivity index (χ0v) is 20.3. The zero-order valence-electron chi connectivity index (χ0n) is 20.3. The number of rotatable bonds is 9. The molecule has 1 aliphatic carbocycles. The van der Waals surface area contributed by atoms with Gasteiger partial charge >= 0.3 is 0 Å². The third-order valence-corrected chi connectivity index (χ3v) is 6.18. The summed E-state index contributed by atoms with van der Waals surface area (Å²) < 4.78 is 25.0. The van der Waals surface area contributed by atoms with E-state index in [2.05, 4.69) is 15.8 Å². The molecular formula is C26H29FN4O5. The van der Waals surface area contributed by atoms with Gasteiger partial charge in [0.25, 0.3) is 5.91 Å². The van der Waals surface area contributed by atoms with Crippen LogP contribution in [0, 0.1) is 19.7 Å². The summed E-state index contributed by atoms with van der Waals surface area (Å²) in [5.41, 5.74) is 0.594. The lowest BCUT2D eigenvalue weighted by molar-refractivity contribution is -0.128. The van der Waals surface area contributed by atoms with Crippen LogP contribution in [0.4, 0.5) is 15.9 Å². The Morgan fingerprint density at radius 3 is 2.56 bits per heavy atom. The monoisotopic (exact) mass is 496 g/mol. The van der Waals surface area contributed by atoms with Crippen LogP contribution in [0.15, 0.2) is 51.6 Å². The molecule has 2 aromatic heterocycles. The van der Waals surface area contributed by atoms with E-state index < -0.39 is 29.6 Å². The van der Waals surface area contributed by atoms with Crippen molar-refractivity contribution in [3.8, 4) is 0 Å². The van der Waals surface area contributed by atoms with Gasteiger partial charge in [-0.3, -0.25) is 19.3 Å². The van der Waals surface area contributed by atoms with Gasteiger partial charge in [-0.25, -0.2) is 4.39 Å². The third kappa shape index (κ3) is 5.99. The van der Waals surface area contributed by atoms with Crippen molar-refractivity contribution < 1.29 is 27.7 Å². The minimum atomic E-state index is -1.17. The van der Waals surface area contributed by atoms with Gasteiger partial charge in [-0.1, -0.05) is 24.1 Å². The number of anilines is 2. The molecule has 1 fully saturated rings. The van der Waals surface area contributed by atoms with Crippen LogP contribution in [0.1, 0.15) is 61.7 Å². The summed E-state index contributed by atoms with van der Waals surface area (Å²) in [4.78, 5) is 40.7.